The van der Waals surface area contributed by atoms with Crippen LogP contribution in [0, 0.1) is 0 Å². The van der Waals surface area contributed by atoms with Crippen LogP contribution >= 0.6 is 15.9 Å². The first-order chi connectivity index (χ1) is 7.22. The molecule has 0 aliphatic carbocycles. The van der Waals surface area contributed by atoms with E-state index in [1.807, 2.05) is 11.4 Å². The lowest BCUT2D eigenvalue weighted by Crippen LogP contribution is -2.85. The zero-order valence-corrected chi connectivity index (χ0v) is 9.98. The van der Waals surface area contributed by atoms with E-state index in [4.69, 9.17) is 10.2 Å². The quantitative estimate of drug-likeness (QED) is 0.622. The van der Waals surface area contributed by atoms with E-state index in [-0.39, 0.29) is 19.0 Å². The molecule has 1 aromatic carbocycles. The molecule has 0 aliphatic heterocycles. The van der Waals surface area contributed by atoms with Gasteiger partial charge in [-0.3, -0.25) is 0 Å². The summed E-state index contributed by atoms with van der Waals surface area (Å²) in [6, 6.07) is 6.77. The van der Waals surface area contributed by atoms with Gasteiger partial charge in [0, 0.05) is 4.47 Å². The second-order valence-corrected chi connectivity index (χ2v) is 3.60. The maximum absolute atomic E-state index is 10.6. The van der Waals surface area contributed by atoms with Crippen molar-refractivity contribution in [3.8, 4) is 5.75 Å². The highest BCUT2D eigenvalue weighted by atomic mass is 79.9. The molecule has 0 aromatic heterocycles. The van der Waals surface area contributed by atoms with Crippen LogP contribution in [-0.2, 0) is 0 Å². The SMILES string of the molecule is OCC[NH2+]CCO.[O-]c1ccccc1Br. The number of quaternary nitrogens is 1. The van der Waals surface area contributed by atoms with Gasteiger partial charge in [-0.2, -0.15) is 0 Å². The first-order valence-electron chi connectivity index (χ1n) is 4.67. The van der Waals surface area contributed by atoms with Gasteiger partial charge in [0.15, 0.2) is 0 Å². The molecule has 15 heavy (non-hydrogen) atoms. The van der Waals surface area contributed by atoms with Gasteiger partial charge in [-0.25, -0.2) is 0 Å². The van der Waals surface area contributed by atoms with Crippen LogP contribution in [0.15, 0.2) is 28.7 Å². The summed E-state index contributed by atoms with van der Waals surface area (Å²) >= 11 is 3.08. The smallest absolute Gasteiger partial charge is 0.0991 e. The van der Waals surface area contributed by atoms with E-state index in [0.29, 0.717) is 17.6 Å². The second kappa shape index (κ2) is 9.92. The van der Waals surface area contributed by atoms with Crippen LogP contribution in [0.5, 0.6) is 5.75 Å². The van der Waals surface area contributed by atoms with Gasteiger partial charge in [-0.05, 0) is 6.07 Å². The topological polar surface area (TPSA) is 80.1 Å². The molecular weight excluding hydrogens is 262 g/mol. The van der Waals surface area contributed by atoms with Crippen molar-refractivity contribution >= 4 is 15.9 Å². The maximum atomic E-state index is 10.6. The Balaban J connectivity index is 0.000000265. The summed E-state index contributed by atoms with van der Waals surface area (Å²) in [4.78, 5) is 0. The molecule has 0 heterocycles. The lowest BCUT2D eigenvalue weighted by atomic mass is 10.3. The average Bonchev–Trinajstić information content (AvgIpc) is 2.24. The highest BCUT2D eigenvalue weighted by Crippen LogP contribution is 2.18. The zero-order chi connectivity index (χ0) is 11.5. The summed E-state index contributed by atoms with van der Waals surface area (Å²) in [6.45, 7) is 1.78. The minimum atomic E-state index is 0.0347. The Labute approximate surface area is 97.7 Å². The minimum Gasteiger partial charge on any atom is -0.872 e. The van der Waals surface area contributed by atoms with Crippen LogP contribution in [0.25, 0.3) is 0 Å². The number of nitrogens with two attached hydrogens (primary N) is 1. The third-order valence-electron chi connectivity index (χ3n) is 1.50. The van der Waals surface area contributed by atoms with E-state index in [1.165, 1.54) is 6.07 Å². The van der Waals surface area contributed by atoms with Crippen LogP contribution in [-0.4, -0.2) is 36.5 Å². The first kappa shape index (κ1) is 14.4. The fourth-order valence-corrected chi connectivity index (χ4v) is 1.06. The maximum Gasteiger partial charge on any atom is 0.0991 e. The van der Waals surface area contributed by atoms with Gasteiger partial charge < -0.3 is 20.6 Å². The number of aliphatic hydroxyl groups excluding tert-OH is 2. The molecule has 86 valence electrons. The van der Waals surface area contributed by atoms with Crippen molar-refractivity contribution in [2.45, 2.75) is 0 Å². The van der Waals surface area contributed by atoms with Crippen molar-refractivity contribution < 1.29 is 20.6 Å². The molecule has 1 rings (SSSR count). The zero-order valence-electron chi connectivity index (χ0n) is 8.40. The highest BCUT2D eigenvalue weighted by molar-refractivity contribution is 9.10. The fraction of sp³-hybridized carbons (Fsp3) is 0.400. The van der Waals surface area contributed by atoms with Gasteiger partial charge in [0.1, 0.15) is 0 Å². The molecule has 4 N–H and O–H groups in total. The van der Waals surface area contributed by atoms with Crippen LogP contribution < -0.4 is 10.4 Å². The minimum absolute atomic E-state index is 0.0347. The van der Waals surface area contributed by atoms with Crippen LogP contribution in [0.2, 0.25) is 0 Å². The Kier molecular flexibility index (Phi) is 9.51. The molecule has 0 unspecified atom stereocenters. The number of hydrogen-bond acceptors (Lipinski definition) is 3. The normalized spacial score (nSPS) is 9.27. The number of rotatable bonds is 4. The largest absolute Gasteiger partial charge is 0.872 e. The van der Waals surface area contributed by atoms with Crippen LogP contribution in [0.4, 0.5) is 0 Å². The molecule has 0 atom stereocenters. The Bertz CT molecular complexity index is 233. The average molecular weight is 278 g/mol. The molecule has 0 saturated carbocycles. The molecule has 5 heteroatoms. The molecule has 4 nitrogen and oxygen atoms in total. The molecular formula is C10H16BrNO3. The Morgan fingerprint density at radius 2 is 1.67 bits per heavy atom. The fourth-order valence-electron chi connectivity index (χ4n) is 0.772. The van der Waals surface area contributed by atoms with Gasteiger partial charge in [0.05, 0.1) is 26.3 Å². The number of hydrogen-bond donors (Lipinski definition) is 3. The summed E-state index contributed by atoms with van der Waals surface area (Å²) < 4.78 is 0.625. The number of aliphatic hydroxyl groups is 2. The van der Waals surface area contributed by atoms with Crippen molar-refractivity contribution in [3.63, 3.8) is 0 Å². The van der Waals surface area contributed by atoms with Crippen molar-refractivity contribution in [1.82, 2.24) is 0 Å². The predicted molar refractivity (Wildman–Crippen MR) is 59.4 cm³/mol. The number of halogens is 1. The molecule has 0 aliphatic rings. The predicted octanol–water partition coefficient (Wildman–Crippen LogP) is -0.943. The summed E-state index contributed by atoms with van der Waals surface area (Å²) in [7, 11) is 0. The lowest BCUT2D eigenvalue weighted by Gasteiger charge is -2.04. The first-order valence-corrected chi connectivity index (χ1v) is 5.46. The van der Waals surface area contributed by atoms with Crippen molar-refractivity contribution in [1.29, 1.82) is 0 Å². The van der Waals surface area contributed by atoms with Crippen LogP contribution in [0.1, 0.15) is 0 Å². The van der Waals surface area contributed by atoms with E-state index < -0.39 is 0 Å². The van der Waals surface area contributed by atoms with Gasteiger partial charge >= 0.3 is 0 Å². The highest BCUT2D eigenvalue weighted by Gasteiger charge is 1.82. The lowest BCUT2D eigenvalue weighted by molar-refractivity contribution is -0.657. The third-order valence-corrected chi connectivity index (χ3v) is 2.16. The van der Waals surface area contributed by atoms with Gasteiger partial charge in [0.2, 0.25) is 0 Å². The molecule has 0 spiro atoms. The molecule has 0 saturated heterocycles. The van der Waals surface area contributed by atoms with Crippen molar-refractivity contribution in [2.24, 2.45) is 0 Å². The summed E-state index contributed by atoms with van der Waals surface area (Å²) in [6.07, 6.45) is 0. The molecule has 0 fully saturated rings. The third kappa shape index (κ3) is 8.38. The summed E-state index contributed by atoms with van der Waals surface area (Å²) in [5.74, 6) is 0.0347. The summed E-state index contributed by atoms with van der Waals surface area (Å²) in [5, 5.41) is 28.8. The Morgan fingerprint density at radius 3 is 2.00 bits per heavy atom. The van der Waals surface area contributed by atoms with E-state index in [1.54, 1.807) is 12.1 Å². The van der Waals surface area contributed by atoms with Crippen LogP contribution in [0.3, 0.4) is 0 Å². The number of benzene rings is 1. The monoisotopic (exact) mass is 277 g/mol. The number of para-hydroxylation sites is 1. The van der Waals surface area contributed by atoms with E-state index >= 15 is 0 Å². The molecule has 0 radical (unpaired) electrons. The van der Waals surface area contributed by atoms with Gasteiger partial charge in [0.25, 0.3) is 0 Å². The van der Waals surface area contributed by atoms with E-state index in [2.05, 4.69) is 15.9 Å². The van der Waals surface area contributed by atoms with Crippen molar-refractivity contribution in [3.05, 3.63) is 28.7 Å². The Morgan fingerprint density at radius 1 is 1.13 bits per heavy atom. The van der Waals surface area contributed by atoms with Gasteiger partial charge in [-0.15, -0.1) is 0 Å². The standard InChI is InChI=1S/C6H5BrO.C4H11NO2/c7-5-3-1-2-4-6(5)8;6-3-1-5-2-4-7/h1-4,8H;5-7H,1-4H2. The van der Waals surface area contributed by atoms with E-state index in [0.717, 1.165) is 0 Å². The molecule has 0 amide bonds. The van der Waals surface area contributed by atoms with E-state index in [9.17, 15) is 5.11 Å². The molecule has 0 bridgehead atoms. The van der Waals surface area contributed by atoms with Crippen molar-refractivity contribution in [2.75, 3.05) is 26.3 Å². The molecule has 1 aromatic rings. The second-order valence-electron chi connectivity index (χ2n) is 2.74. The Hall–Kier alpha value is -0.620. The summed E-state index contributed by atoms with van der Waals surface area (Å²) in [5.41, 5.74) is 0. The van der Waals surface area contributed by atoms with Gasteiger partial charge in [-0.1, -0.05) is 39.9 Å².